The van der Waals surface area contributed by atoms with Gasteiger partial charge in [0.1, 0.15) is 5.82 Å². The van der Waals surface area contributed by atoms with Gasteiger partial charge in [-0.1, -0.05) is 18.2 Å². The Bertz CT molecular complexity index is 752. The summed E-state index contributed by atoms with van der Waals surface area (Å²) in [5.74, 6) is -1.61. The molecule has 0 spiro atoms. The highest BCUT2D eigenvalue weighted by Gasteiger charge is 2.13. The summed E-state index contributed by atoms with van der Waals surface area (Å²) >= 11 is 0. The van der Waals surface area contributed by atoms with Crippen molar-refractivity contribution in [3.05, 3.63) is 59.9 Å². The number of hydrogen-bond acceptors (Lipinski definition) is 3. The van der Waals surface area contributed by atoms with Crippen LogP contribution in [0.4, 0.5) is 20.6 Å². The summed E-state index contributed by atoms with van der Waals surface area (Å²) in [6, 6.07) is 13.1. The average molecular weight is 344 g/mol. The third-order valence-electron chi connectivity index (χ3n) is 3.87. The van der Waals surface area contributed by atoms with Crippen molar-refractivity contribution in [2.75, 3.05) is 23.8 Å². The van der Waals surface area contributed by atoms with Crippen molar-refractivity contribution in [1.29, 1.82) is 0 Å². The highest BCUT2D eigenvalue weighted by Crippen LogP contribution is 2.15. The van der Waals surface area contributed by atoms with Crippen LogP contribution in [-0.4, -0.2) is 31.6 Å². The van der Waals surface area contributed by atoms with Crippen molar-refractivity contribution >= 4 is 23.3 Å². The fourth-order valence-electron chi connectivity index (χ4n) is 2.26. The Morgan fingerprint density at radius 1 is 1.20 bits per heavy atom. The number of rotatable bonds is 6. The summed E-state index contributed by atoms with van der Waals surface area (Å²) in [5.41, 5.74) is 6.15. The lowest BCUT2D eigenvalue weighted by molar-refractivity contribution is 0.0996. The van der Waals surface area contributed by atoms with Gasteiger partial charge in [0.15, 0.2) is 0 Å². The molecule has 4 N–H and O–H groups in total. The van der Waals surface area contributed by atoms with E-state index in [4.69, 9.17) is 5.73 Å². The minimum Gasteiger partial charge on any atom is -0.370 e. The summed E-state index contributed by atoms with van der Waals surface area (Å²) in [6.45, 7) is 2.39. The van der Waals surface area contributed by atoms with Gasteiger partial charge in [0.25, 0.3) is 5.91 Å². The van der Waals surface area contributed by atoms with Gasteiger partial charge in [0, 0.05) is 31.0 Å². The molecule has 25 heavy (non-hydrogen) atoms. The number of carbonyl (C=O) groups is 2. The van der Waals surface area contributed by atoms with E-state index in [0.29, 0.717) is 6.54 Å². The molecule has 0 aliphatic carbocycles. The normalized spacial score (nSPS) is 11.5. The first-order chi connectivity index (χ1) is 11.9. The summed E-state index contributed by atoms with van der Waals surface area (Å²) in [7, 11) is 1.94. The number of nitrogens with one attached hydrogen (secondary N) is 2. The largest absolute Gasteiger partial charge is 0.370 e. The van der Waals surface area contributed by atoms with Crippen LogP contribution in [0, 0.1) is 5.82 Å². The van der Waals surface area contributed by atoms with E-state index in [1.807, 2.05) is 49.2 Å². The van der Waals surface area contributed by atoms with Crippen LogP contribution in [0.2, 0.25) is 0 Å². The number of likely N-dealkylation sites (N-methyl/N-ethyl adjacent to an activating group) is 1. The second-order valence-corrected chi connectivity index (χ2v) is 5.69. The molecule has 6 nitrogen and oxygen atoms in total. The lowest BCUT2D eigenvalue weighted by atomic mass is 10.2. The Morgan fingerprint density at radius 2 is 1.88 bits per heavy atom. The average Bonchev–Trinajstić information content (AvgIpc) is 2.61. The molecular weight excluding hydrogens is 323 g/mol. The third kappa shape index (κ3) is 4.94. The second kappa shape index (κ2) is 8.14. The van der Waals surface area contributed by atoms with Crippen molar-refractivity contribution in [3.8, 4) is 0 Å². The Labute approximate surface area is 145 Å². The zero-order chi connectivity index (χ0) is 18.4. The molecule has 7 heteroatoms. The minimum atomic E-state index is -0.889. The maximum absolute atomic E-state index is 13.4. The standard InChI is InChI=1S/C18H21FN4O2/c1-12(23(2)14-6-4-3-5-7-14)11-21-18(25)22-13-8-9-16(19)15(10-13)17(20)24/h3-10,12H,11H2,1-2H3,(H2,20,24)(H2,21,22,25). The molecule has 2 aromatic rings. The van der Waals surface area contributed by atoms with Gasteiger partial charge < -0.3 is 21.3 Å². The number of nitrogens with two attached hydrogens (primary N) is 1. The predicted octanol–water partition coefficient (Wildman–Crippen LogP) is 2.57. The van der Waals surface area contributed by atoms with Gasteiger partial charge in [-0.25, -0.2) is 9.18 Å². The Kier molecular flexibility index (Phi) is 5.94. The van der Waals surface area contributed by atoms with Gasteiger partial charge in [-0.3, -0.25) is 4.79 Å². The van der Waals surface area contributed by atoms with E-state index in [-0.39, 0.29) is 17.3 Å². The molecule has 0 saturated carbocycles. The molecule has 1 atom stereocenters. The number of hydrogen-bond donors (Lipinski definition) is 3. The van der Waals surface area contributed by atoms with E-state index in [1.54, 1.807) is 0 Å². The van der Waals surface area contributed by atoms with Crippen molar-refractivity contribution in [2.45, 2.75) is 13.0 Å². The lowest BCUT2D eigenvalue weighted by Crippen LogP contribution is -2.41. The van der Waals surface area contributed by atoms with E-state index < -0.39 is 17.8 Å². The zero-order valence-electron chi connectivity index (χ0n) is 14.1. The number of halogens is 1. The topological polar surface area (TPSA) is 87.5 Å². The summed E-state index contributed by atoms with van der Waals surface area (Å²) in [4.78, 5) is 25.2. The first-order valence-corrected chi connectivity index (χ1v) is 7.80. The van der Waals surface area contributed by atoms with Crippen LogP contribution in [0.5, 0.6) is 0 Å². The Morgan fingerprint density at radius 3 is 2.52 bits per heavy atom. The number of nitrogens with zero attached hydrogens (tertiary/aromatic N) is 1. The fourth-order valence-corrected chi connectivity index (χ4v) is 2.26. The number of para-hydroxylation sites is 1. The molecule has 0 radical (unpaired) electrons. The van der Waals surface area contributed by atoms with E-state index in [0.717, 1.165) is 11.8 Å². The Hall–Kier alpha value is -3.09. The smallest absolute Gasteiger partial charge is 0.319 e. The van der Waals surface area contributed by atoms with Crippen LogP contribution < -0.4 is 21.3 Å². The molecule has 3 amide bonds. The molecule has 2 rings (SSSR count). The van der Waals surface area contributed by atoms with Crippen LogP contribution in [0.1, 0.15) is 17.3 Å². The number of primary amides is 1. The van der Waals surface area contributed by atoms with E-state index in [2.05, 4.69) is 10.6 Å². The highest BCUT2D eigenvalue weighted by atomic mass is 19.1. The quantitative estimate of drug-likeness (QED) is 0.753. The van der Waals surface area contributed by atoms with Crippen molar-refractivity contribution in [2.24, 2.45) is 5.73 Å². The second-order valence-electron chi connectivity index (χ2n) is 5.69. The van der Waals surface area contributed by atoms with Gasteiger partial charge in [-0.15, -0.1) is 0 Å². The number of benzene rings is 2. The van der Waals surface area contributed by atoms with Gasteiger partial charge in [-0.05, 0) is 37.3 Å². The molecule has 0 fully saturated rings. The molecule has 0 heterocycles. The molecule has 0 aliphatic rings. The zero-order valence-corrected chi connectivity index (χ0v) is 14.1. The molecule has 0 aliphatic heterocycles. The lowest BCUT2D eigenvalue weighted by Gasteiger charge is -2.27. The number of urea groups is 1. The molecule has 0 bridgehead atoms. The van der Waals surface area contributed by atoms with Crippen LogP contribution in [0.25, 0.3) is 0 Å². The Balaban J connectivity index is 1.90. The van der Waals surface area contributed by atoms with Crippen LogP contribution in [0.3, 0.4) is 0 Å². The highest BCUT2D eigenvalue weighted by molar-refractivity contribution is 5.96. The summed E-state index contributed by atoms with van der Waals surface area (Å²) in [6.07, 6.45) is 0. The first-order valence-electron chi connectivity index (χ1n) is 7.80. The SMILES string of the molecule is CC(CNC(=O)Nc1ccc(F)c(C(N)=O)c1)N(C)c1ccccc1. The molecule has 1 unspecified atom stereocenters. The van der Waals surface area contributed by atoms with Crippen LogP contribution >= 0.6 is 0 Å². The number of carbonyl (C=O) groups excluding carboxylic acids is 2. The van der Waals surface area contributed by atoms with Crippen molar-refractivity contribution in [1.82, 2.24) is 5.32 Å². The molecule has 0 aromatic heterocycles. The van der Waals surface area contributed by atoms with Gasteiger partial charge >= 0.3 is 6.03 Å². The van der Waals surface area contributed by atoms with Crippen LogP contribution in [0.15, 0.2) is 48.5 Å². The molecule has 0 saturated heterocycles. The molecular formula is C18H21FN4O2. The fraction of sp³-hybridized carbons (Fsp3) is 0.222. The maximum atomic E-state index is 13.4. The minimum absolute atomic E-state index is 0.0579. The van der Waals surface area contributed by atoms with Gasteiger partial charge in [-0.2, -0.15) is 0 Å². The monoisotopic (exact) mass is 344 g/mol. The third-order valence-corrected chi connectivity index (χ3v) is 3.87. The predicted molar refractivity (Wildman–Crippen MR) is 96.2 cm³/mol. The molecule has 2 aromatic carbocycles. The van der Waals surface area contributed by atoms with E-state index in [9.17, 15) is 14.0 Å². The summed E-state index contributed by atoms with van der Waals surface area (Å²) < 4.78 is 13.4. The van der Waals surface area contributed by atoms with Gasteiger partial charge in [0.05, 0.1) is 5.56 Å². The van der Waals surface area contributed by atoms with Gasteiger partial charge in [0.2, 0.25) is 0 Å². The number of anilines is 2. The van der Waals surface area contributed by atoms with E-state index >= 15 is 0 Å². The van der Waals surface area contributed by atoms with E-state index in [1.165, 1.54) is 12.1 Å². The molecule has 132 valence electrons. The number of amides is 3. The maximum Gasteiger partial charge on any atom is 0.319 e. The van der Waals surface area contributed by atoms with Crippen LogP contribution in [-0.2, 0) is 0 Å². The van der Waals surface area contributed by atoms with Crippen molar-refractivity contribution in [3.63, 3.8) is 0 Å². The van der Waals surface area contributed by atoms with Crippen molar-refractivity contribution < 1.29 is 14.0 Å². The summed E-state index contributed by atoms with van der Waals surface area (Å²) in [5, 5.41) is 5.30. The first kappa shape index (κ1) is 18.3.